The van der Waals surface area contributed by atoms with Crippen LogP contribution < -0.4 is 8.91 Å². The molecule has 0 saturated heterocycles. The first kappa shape index (κ1) is 23.5. The summed E-state index contributed by atoms with van der Waals surface area (Å²) in [6.07, 6.45) is 3.86. The van der Waals surface area contributed by atoms with Crippen molar-refractivity contribution in [3.63, 3.8) is 0 Å². The van der Waals surface area contributed by atoms with Crippen LogP contribution in [0, 0.1) is 5.92 Å². The van der Waals surface area contributed by atoms with Crippen molar-refractivity contribution in [3.05, 3.63) is 118 Å². The van der Waals surface area contributed by atoms with Gasteiger partial charge in [0.2, 0.25) is 0 Å². The quantitative estimate of drug-likeness (QED) is 0.353. The topological polar surface area (TPSA) is 55.4 Å². The molecule has 170 valence electrons. The third kappa shape index (κ3) is 5.82. The van der Waals surface area contributed by atoms with Crippen molar-refractivity contribution in [2.24, 2.45) is 5.92 Å². The molecule has 1 N–H and O–H groups in total. The number of hydrogen-bond acceptors (Lipinski definition) is 3. The van der Waals surface area contributed by atoms with Crippen LogP contribution in [0.25, 0.3) is 5.57 Å². The number of halogens is 1. The minimum Gasteiger partial charge on any atom is -0.371 e. The molecule has 0 bridgehead atoms. The second-order valence-electron chi connectivity index (χ2n) is 8.23. The predicted molar refractivity (Wildman–Crippen MR) is 137 cm³/mol. The molecule has 0 aromatic heterocycles. The normalized spacial score (nSPS) is 18.1. The lowest BCUT2D eigenvalue weighted by Crippen LogP contribution is -2.40. The molecule has 4 rings (SSSR count). The van der Waals surface area contributed by atoms with Gasteiger partial charge in [0.1, 0.15) is 5.75 Å². The molecule has 0 amide bonds. The van der Waals surface area contributed by atoms with Gasteiger partial charge >= 0.3 is 10.3 Å². The molecule has 1 aliphatic rings. The summed E-state index contributed by atoms with van der Waals surface area (Å²) in [5, 5.41) is 0. The lowest BCUT2D eigenvalue weighted by Gasteiger charge is -2.32. The Kier molecular flexibility index (Phi) is 7.17. The van der Waals surface area contributed by atoms with Crippen LogP contribution in [0.4, 0.5) is 0 Å². The molecule has 0 aliphatic carbocycles. The van der Waals surface area contributed by atoms with E-state index in [2.05, 4.69) is 57.6 Å². The molecule has 1 aliphatic heterocycles. The summed E-state index contributed by atoms with van der Waals surface area (Å²) >= 11 is 3.50. The Morgan fingerprint density at radius 2 is 1.76 bits per heavy atom. The van der Waals surface area contributed by atoms with Crippen molar-refractivity contribution in [3.8, 4) is 5.75 Å². The van der Waals surface area contributed by atoms with Gasteiger partial charge in [0.15, 0.2) is 0 Å². The molecular weight excluding hydrogens is 498 g/mol. The number of allylic oxidation sites excluding steroid dienone is 1. The van der Waals surface area contributed by atoms with Crippen LogP contribution in [0.5, 0.6) is 5.75 Å². The lowest BCUT2D eigenvalue weighted by molar-refractivity contribution is 0.407. The molecule has 0 saturated carbocycles. The van der Waals surface area contributed by atoms with E-state index in [1.54, 1.807) is 12.1 Å². The van der Waals surface area contributed by atoms with Crippen molar-refractivity contribution in [1.82, 2.24) is 4.72 Å². The van der Waals surface area contributed by atoms with E-state index in [0.29, 0.717) is 5.75 Å². The van der Waals surface area contributed by atoms with Crippen LogP contribution >= 0.6 is 15.9 Å². The highest BCUT2D eigenvalue weighted by Gasteiger charge is 2.35. The Balaban J connectivity index is 1.76. The average molecular weight is 524 g/mol. The molecule has 0 fully saturated rings. The molecule has 3 aromatic rings. The number of aryl methyl sites for hydroxylation is 1. The maximum absolute atomic E-state index is 12.5. The van der Waals surface area contributed by atoms with E-state index in [1.807, 2.05) is 49.4 Å². The molecule has 6 heteroatoms. The maximum Gasteiger partial charge on any atom is 0.383 e. The van der Waals surface area contributed by atoms with Crippen LogP contribution in [0.1, 0.15) is 36.1 Å². The smallest absolute Gasteiger partial charge is 0.371 e. The second kappa shape index (κ2) is 10.1. The Bertz CT molecular complexity index is 1270. The van der Waals surface area contributed by atoms with Crippen LogP contribution in [0.2, 0.25) is 0 Å². The average Bonchev–Trinajstić information content (AvgIpc) is 2.80. The molecule has 3 aromatic carbocycles. The van der Waals surface area contributed by atoms with Gasteiger partial charge in [-0.05, 0) is 54.7 Å². The Morgan fingerprint density at radius 1 is 1.09 bits per heavy atom. The molecule has 4 nitrogen and oxygen atoms in total. The highest BCUT2D eigenvalue weighted by molar-refractivity contribution is 9.10. The van der Waals surface area contributed by atoms with Gasteiger partial charge in [-0.3, -0.25) is 0 Å². The van der Waals surface area contributed by atoms with Crippen LogP contribution in [-0.2, 0) is 16.7 Å². The Morgan fingerprint density at radius 3 is 2.42 bits per heavy atom. The van der Waals surface area contributed by atoms with Gasteiger partial charge in [-0.15, -0.1) is 0 Å². The maximum atomic E-state index is 12.5. The number of benzene rings is 3. The van der Waals surface area contributed by atoms with Crippen LogP contribution in [-0.4, -0.2) is 8.42 Å². The highest BCUT2D eigenvalue weighted by atomic mass is 79.9. The zero-order valence-corrected chi connectivity index (χ0v) is 20.8. The summed E-state index contributed by atoms with van der Waals surface area (Å²) in [6.45, 7) is 6.14. The molecule has 33 heavy (non-hydrogen) atoms. The standard InChI is InChI=1S/C27H26BrNO3S/c1-19(2)24(27-25-18-23(28)15-16-26(25)32-33(30,31)29-27)17-22(21-11-7-4-8-12-21)14-13-20-9-5-3-6-10-20/h3-12,15-18,24,27,29H,1,13-14H2,2H3/b22-17+/t24-,27+/m1/s1. The molecule has 0 unspecified atom stereocenters. The minimum absolute atomic E-state index is 0.261. The minimum atomic E-state index is -3.93. The van der Waals surface area contributed by atoms with Crippen molar-refractivity contribution < 1.29 is 12.6 Å². The van der Waals surface area contributed by atoms with Gasteiger partial charge in [0.05, 0.1) is 6.04 Å². The van der Waals surface area contributed by atoms with Gasteiger partial charge in [-0.2, -0.15) is 13.1 Å². The summed E-state index contributed by atoms with van der Waals surface area (Å²) in [6, 6.07) is 25.4. The monoisotopic (exact) mass is 523 g/mol. The molecule has 0 spiro atoms. The summed E-state index contributed by atoms with van der Waals surface area (Å²) < 4.78 is 33.8. The van der Waals surface area contributed by atoms with Crippen molar-refractivity contribution in [2.75, 3.05) is 0 Å². The summed E-state index contributed by atoms with van der Waals surface area (Å²) in [5.41, 5.74) is 5.16. The van der Waals surface area contributed by atoms with Gasteiger partial charge in [-0.1, -0.05) is 94.8 Å². The van der Waals surface area contributed by atoms with E-state index >= 15 is 0 Å². The second-order valence-corrected chi connectivity index (χ2v) is 10.5. The Labute approximate surface area is 204 Å². The fourth-order valence-electron chi connectivity index (χ4n) is 4.11. The number of hydrogen-bond donors (Lipinski definition) is 1. The third-order valence-electron chi connectivity index (χ3n) is 5.76. The summed E-state index contributed by atoms with van der Waals surface area (Å²) in [5.74, 6) is 0.0786. The van der Waals surface area contributed by atoms with Crippen molar-refractivity contribution in [2.45, 2.75) is 25.8 Å². The van der Waals surface area contributed by atoms with Gasteiger partial charge in [-0.25, -0.2) is 0 Å². The first-order valence-electron chi connectivity index (χ1n) is 10.8. The Hall–Kier alpha value is -2.67. The number of nitrogens with one attached hydrogen (secondary N) is 1. The lowest BCUT2D eigenvalue weighted by atomic mass is 9.84. The van der Waals surface area contributed by atoms with Crippen molar-refractivity contribution >= 4 is 31.8 Å². The van der Waals surface area contributed by atoms with Gasteiger partial charge in [0.25, 0.3) is 0 Å². The SMILES string of the molecule is C=C(C)[C@@H](/C=C(\CCc1ccccc1)c1ccccc1)[C@@H]1NS(=O)(=O)Oc2ccc(Br)cc21. The van der Waals surface area contributed by atoms with E-state index in [-0.39, 0.29) is 5.92 Å². The molecule has 1 heterocycles. The third-order valence-corrected chi connectivity index (χ3v) is 7.19. The largest absolute Gasteiger partial charge is 0.383 e. The molecule has 2 atom stereocenters. The summed E-state index contributed by atoms with van der Waals surface area (Å²) in [7, 11) is -3.93. The number of rotatable bonds is 7. The predicted octanol–water partition coefficient (Wildman–Crippen LogP) is 6.63. The fraction of sp³-hybridized carbons (Fsp3) is 0.185. The first-order valence-corrected chi connectivity index (χ1v) is 13.0. The molecule has 0 radical (unpaired) electrons. The van der Waals surface area contributed by atoms with Crippen molar-refractivity contribution in [1.29, 1.82) is 0 Å². The number of fused-ring (bicyclic) bond motifs is 1. The van der Waals surface area contributed by atoms with Crippen LogP contribution in [0.3, 0.4) is 0 Å². The summed E-state index contributed by atoms with van der Waals surface area (Å²) in [4.78, 5) is 0. The van der Waals surface area contributed by atoms with Gasteiger partial charge < -0.3 is 4.18 Å². The van der Waals surface area contributed by atoms with E-state index in [4.69, 9.17) is 4.18 Å². The van der Waals surface area contributed by atoms with Crippen LogP contribution in [0.15, 0.2) is 102 Å². The zero-order valence-electron chi connectivity index (χ0n) is 18.4. The fourth-order valence-corrected chi connectivity index (χ4v) is 5.51. The highest BCUT2D eigenvalue weighted by Crippen LogP contribution is 2.41. The van der Waals surface area contributed by atoms with E-state index in [1.165, 1.54) is 5.56 Å². The van der Waals surface area contributed by atoms with E-state index < -0.39 is 16.3 Å². The zero-order chi connectivity index (χ0) is 23.4. The van der Waals surface area contributed by atoms with E-state index in [0.717, 1.165) is 39.6 Å². The van der Waals surface area contributed by atoms with Gasteiger partial charge in [0, 0.05) is 16.0 Å². The first-order chi connectivity index (χ1) is 15.8. The van der Waals surface area contributed by atoms with E-state index in [9.17, 15) is 8.42 Å². The molecular formula is C27H26BrNO3S.